The predicted octanol–water partition coefficient (Wildman–Crippen LogP) is 11.8. The first-order chi connectivity index (χ1) is 24.4. The van der Waals surface area contributed by atoms with E-state index in [1.54, 1.807) is 0 Å². The van der Waals surface area contributed by atoms with Crippen LogP contribution in [-0.2, 0) is 15.3 Å². The second-order valence-electron chi connectivity index (χ2n) is 14.6. The zero-order chi connectivity index (χ0) is 33.9. The molecule has 0 N–H and O–H groups in total. The van der Waals surface area contributed by atoms with Gasteiger partial charge in [0.05, 0.1) is 9.79 Å². The summed E-state index contributed by atoms with van der Waals surface area (Å²) >= 11 is 0. The topological polar surface area (TPSA) is 37.4 Å². The molecule has 0 radical (unpaired) electrons. The van der Waals surface area contributed by atoms with Crippen molar-refractivity contribution >= 4 is 26.9 Å². The van der Waals surface area contributed by atoms with Crippen molar-refractivity contribution < 1.29 is 8.42 Å². The number of benzene rings is 6. The van der Waals surface area contributed by atoms with Crippen LogP contribution in [0.2, 0.25) is 0 Å². The van der Waals surface area contributed by atoms with E-state index in [0.29, 0.717) is 27.5 Å². The van der Waals surface area contributed by atoms with E-state index in [2.05, 4.69) is 121 Å². The van der Waals surface area contributed by atoms with Gasteiger partial charge in [-0.1, -0.05) is 116 Å². The molecule has 2 bridgehead atoms. The average Bonchev–Trinajstić information content (AvgIpc) is 3.15. The maximum absolute atomic E-state index is 14.5. The lowest BCUT2D eigenvalue weighted by Crippen LogP contribution is -2.53. The van der Waals surface area contributed by atoms with Crippen LogP contribution in [0.4, 0.5) is 17.1 Å². The molecular weight excluding hydrogens is 631 g/mol. The molecule has 2 unspecified atom stereocenters. The second kappa shape index (κ2) is 12.1. The summed E-state index contributed by atoms with van der Waals surface area (Å²) in [6, 6.07) is 52.5. The Morgan fingerprint density at radius 1 is 0.520 bits per heavy atom. The summed E-state index contributed by atoms with van der Waals surface area (Å²) in [5.74, 6) is 1.43. The molecule has 1 heterocycles. The van der Waals surface area contributed by atoms with Gasteiger partial charge in [-0.25, -0.2) is 8.42 Å². The molecule has 50 heavy (non-hydrogen) atoms. The molecular formula is C46H41NO2S. The molecule has 3 aliphatic rings. The lowest BCUT2D eigenvalue weighted by Gasteiger charge is -2.57. The summed E-state index contributed by atoms with van der Waals surface area (Å²) in [4.78, 5) is 3.31. The highest BCUT2D eigenvalue weighted by atomic mass is 32.2. The van der Waals surface area contributed by atoms with E-state index in [9.17, 15) is 8.42 Å². The fraction of sp³-hybridized carbons (Fsp3) is 0.217. The maximum atomic E-state index is 14.5. The third-order valence-corrected chi connectivity index (χ3v) is 13.7. The first-order valence-corrected chi connectivity index (χ1v) is 19.5. The van der Waals surface area contributed by atoms with E-state index in [-0.39, 0.29) is 5.41 Å². The van der Waals surface area contributed by atoms with Gasteiger partial charge in [-0.05, 0) is 125 Å². The second-order valence-corrected chi connectivity index (χ2v) is 16.5. The normalized spacial score (nSPS) is 23.1. The van der Waals surface area contributed by atoms with Crippen LogP contribution in [0.15, 0.2) is 161 Å². The molecule has 3 nitrogen and oxygen atoms in total. The lowest BCUT2D eigenvalue weighted by molar-refractivity contribution is 0.0488. The van der Waals surface area contributed by atoms with Gasteiger partial charge in [0.15, 0.2) is 0 Å². The van der Waals surface area contributed by atoms with E-state index in [0.717, 1.165) is 70.6 Å². The van der Waals surface area contributed by atoms with Crippen molar-refractivity contribution in [1.82, 2.24) is 0 Å². The van der Waals surface area contributed by atoms with Crippen molar-refractivity contribution in [3.63, 3.8) is 0 Å². The standard InChI is InChI=1S/C46H41NO2S/c1-32-28-37-17-11-18-38(29-32)46(37)42-20-8-9-21-44(42)50(48,49)45-27-26-41(31-43(45)46)47(39-24-22-35(23-25-39)33-12-4-2-5-13-33)40-19-10-16-36(30-40)34-14-6-3-7-15-34/h2-10,12-16,19-27,30-32,37-38H,11,17-18,28-29H2,1H3/t32?,37-,38+,46?. The van der Waals surface area contributed by atoms with Gasteiger partial charge < -0.3 is 4.90 Å². The largest absolute Gasteiger partial charge is 0.310 e. The summed E-state index contributed by atoms with van der Waals surface area (Å²) in [6.45, 7) is 2.39. The molecule has 9 rings (SSSR count). The third kappa shape index (κ3) is 4.87. The van der Waals surface area contributed by atoms with Crippen molar-refractivity contribution in [3.05, 3.63) is 163 Å². The summed E-state index contributed by atoms with van der Waals surface area (Å²) in [5, 5.41) is 0. The number of rotatable bonds is 5. The highest BCUT2D eigenvalue weighted by molar-refractivity contribution is 7.91. The molecule has 2 saturated carbocycles. The summed E-state index contributed by atoms with van der Waals surface area (Å²) in [6.07, 6.45) is 5.71. The number of anilines is 3. The monoisotopic (exact) mass is 671 g/mol. The van der Waals surface area contributed by atoms with E-state index in [4.69, 9.17) is 0 Å². The molecule has 6 aromatic rings. The molecule has 2 aliphatic carbocycles. The van der Waals surface area contributed by atoms with E-state index in [1.807, 2.05) is 42.5 Å². The van der Waals surface area contributed by atoms with Crippen molar-refractivity contribution in [2.24, 2.45) is 17.8 Å². The summed E-state index contributed by atoms with van der Waals surface area (Å²) in [5.41, 5.74) is 9.36. The quantitative estimate of drug-likeness (QED) is 0.183. The van der Waals surface area contributed by atoms with Crippen LogP contribution in [0.5, 0.6) is 0 Å². The van der Waals surface area contributed by atoms with Gasteiger partial charge in [-0.3, -0.25) is 0 Å². The van der Waals surface area contributed by atoms with Gasteiger partial charge in [0.25, 0.3) is 0 Å². The van der Waals surface area contributed by atoms with Crippen molar-refractivity contribution in [2.75, 3.05) is 4.90 Å². The summed E-state index contributed by atoms with van der Waals surface area (Å²) in [7, 11) is -3.69. The van der Waals surface area contributed by atoms with E-state index >= 15 is 0 Å². The molecule has 4 atom stereocenters. The fourth-order valence-corrected chi connectivity index (χ4v) is 11.6. The molecule has 248 valence electrons. The minimum absolute atomic E-state index is 0.327. The number of nitrogens with zero attached hydrogens (tertiary/aromatic N) is 1. The Labute approximate surface area is 296 Å². The first kappa shape index (κ1) is 31.1. The molecule has 1 aliphatic heterocycles. The van der Waals surface area contributed by atoms with Crippen LogP contribution in [0.25, 0.3) is 22.3 Å². The molecule has 0 saturated heterocycles. The Kier molecular flexibility index (Phi) is 7.54. The first-order valence-electron chi connectivity index (χ1n) is 18.0. The predicted molar refractivity (Wildman–Crippen MR) is 204 cm³/mol. The van der Waals surface area contributed by atoms with Crippen LogP contribution >= 0.6 is 0 Å². The van der Waals surface area contributed by atoms with Crippen molar-refractivity contribution in [3.8, 4) is 22.3 Å². The number of hydrogen-bond donors (Lipinski definition) is 0. The van der Waals surface area contributed by atoms with Crippen LogP contribution in [0, 0.1) is 17.8 Å². The van der Waals surface area contributed by atoms with Crippen LogP contribution in [0.1, 0.15) is 50.2 Å². The minimum Gasteiger partial charge on any atom is -0.310 e. The summed E-state index contributed by atoms with van der Waals surface area (Å²) < 4.78 is 29.0. The third-order valence-electron chi connectivity index (χ3n) is 11.8. The molecule has 1 spiro atoms. The molecule has 4 heteroatoms. The minimum atomic E-state index is -3.69. The molecule has 0 aromatic heterocycles. The van der Waals surface area contributed by atoms with Crippen LogP contribution < -0.4 is 4.90 Å². The highest BCUT2D eigenvalue weighted by Crippen LogP contribution is 2.63. The average molecular weight is 672 g/mol. The zero-order valence-electron chi connectivity index (χ0n) is 28.4. The number of sulfone groups is 1. The van der Waals surface area contributed by atoms with Gasteiger partial charge in [0.1, 0.15) is 0 Å². The van der Waals surface area contributed by atoms with Gasteiger partial charge >= 0.3 is 0 Å². The molecule has 6 aromatic carbocycles. The van der Waals surface area contributed by atoms with Gasteiger partial charge in [0.2, 0.25) is 9.84 Å². The van der Waals surface area contributed by atoms with Crippen LogP contribution in [-0.4, -0.2) is 8.42 Å². The van der Waals surface area contributed by atoms with E-state index in [1.165, 1.54) is 12.0 Å². The van der Waals surface area contributed by atoms with Gasteiger partial charge in [-0.2, -0.15) is 0 Å². The molecule has 0 amide bonds. The zero-order valence-corrected chi connectivity index (χ0v) is 29.2. The molecule has 2 fully saturated rings. The Morgan fingerprint density at radius 3 is 1.76 bits per heavy atom. The van der Waals surface area contributed by atoms with Crippen molar-refractivity contribution in [1.29, 1.82) is 0 Å². The Hall–Kier alpha value is -4.93. The number of fused-ring (bicyclic) bond motifs is 2. The van der Waals surface area contributed by atoms with E-state index < -0.39 is 9.84 Å². The Morgan fingerprint density at radius 2 is 1.06 bits per heavy atom. The fourth-order valence-electron chi connectivity index (χ4n) is 9.81. The van der Waals surface area contributed by atoms with Gasteiger partial charge in [-0.15, -0.1) is 0 Å². The smallest absolute Gasteiger partial charge is 0.207 e. The maximum Gasteiger partial charge on any atom is 0.207 e. The lowest BCUT2D eigenvalue weighted by atomic mass is 9.48. The SMILES string of the molecule is CC1C[C@H]2CCC[C@@H](C1)C21c2ccccc2S(=O)(=O)c2ccc(N(c3ccc(-c4ccccc4)cc3)c3cccc(-c4ccccc4)c3)cc21. The Balaban J connectivity index is 1.27. The highest BCUT2D eigenvalue weighted by Gasteiger charge is 2.58. The van der Waals surface area contributed by atoms with Crippen LogP contribution in [0.3, 0.4) is 0 Å². The van der Waals surface area contributed by atoms with Crippen molar-refractivity contribution in [2.45, 2.75) is 54.2 Å². The number of hydrogen-bond acceptors (Lipinski definition) is 3. The Bertz CT molecular complexity index is 2280. The van der Waals surface area contributed by atoms with Gasteiger partial charge in [0, 0.05) is 22.5 Å².